The molecule has 0 heterocycles. The molecule has 1 rings (SSSR count). The van der Waals surface area contributed by atoms with Crippen LogP contribution in [0.2, 0.25) is 0 Å². The first-order valence-electron chi connectivity index (χ1n) is 6.65. The Hall–Kier alpha value is -1.15. The summed E-state index contributed by atoms with van der Waals surface area (Å²) in [4.78, 5) is 11.9. The molecule has 0 amide bonds. The molecule has 0 aromatic heterocycles. The maximum Gasteiger partial charge on any atom is 0.176 e. The summed E-state index contributed by atoms with van der Waals surface area (Å²) in [7, 11) is 0. The van der Waals surface area contributed by atoms with Crippen LogP contribution in [-0.4, -0.2) is 18.9 Å². The number of hydrogen-bond acceptors (Lipinski definition) is 2. The van der Waals surface area contributed by atoms with Gasteiger partial charge in [-0.05, 0) is 23.4 Å². The zero-order valence-corrected chi connectivity index (χ0v) is 12.2. The summed E-state index contributed by atoms with van der Waals surface area (Å²) in [5.74, 6) is 0.733. The number of benzene rings is 1. The molecule has 2 nitrogen and oxygen atoms in total. The van der Waals surface area contributed by atoms with E-state index in [-0.39, 0.29) is 11.2 Å². The molecule has 1 aromatic rings. The van der Waals surface area contributed by atoms with E-state index >= 15 is 0 Å². The Balaban J connectivity index is 2.60. The van der Waals surface area contributed by atoms with Crippen molar-refractivity contribution in [3.63, 3.8) is 0 Å². The minimum absolute atomic E-state index is 0.136. The monoisotopic (exact) mass is 247 g/mol. The number of nitrogens with one attached hydrogen (secondary N) is 1. The normalized spacial score (nSPS) is 11.9. The molecule has 0 aliphatic heterocycles. The van der Waals surface area contributed by atoms with Crippen LogP contribution in [0.4, 0.5) is 0 Å². The summed E-state index contributed by atoms with van der Waals surface area (Å²) in [5.41, 5.74) is 2.19. The number of Topliss-reactive ketones (excluding diaryl/α,β-unsaturated/α-hetero) is 1. The van der Waals surface area contributed by atoms with Gasteiger partial charge in [0.25, 0.3) is 0 Å². The Morgan fingerprint density at radius 1 is 1.17 bits per heavy atom. The van der Waals surface area contributed by atoms with E-state index in [1.54, 1.807) is 0 Å². The summed E-state index contributed by atoms with van der Waals surface area (Å²) in [6, 6.07) is 7.96. The molecule has 18 heavy (non-hydrogen) atoms. The molecule has 0 aliphatic rings. The quantitative estimate of drug-likeness (QED) is 0.808. The van der Waals surface area contributed by atoms with E-state index < -0.39 is 0 Å². The van der Waals surface area contributed by atoms with Crippen molar-refractivity contribution in [3.05, 3.63) is 35.4 Å². The van der Waals surface area contributed by atoms with Crippen LogP contribution in [-0.2, 0) is 5.41 Å². The summed E-state index contributed by atoms with van der Waals surface area (Å²) >= 11 is 0. The zero-order valence-electron chi connectivity index (χ0n) is 12.2. The van der Waals surface area contributed by atoms with E-state index in [4.69, 9.17) is 0 Å². The summed E-state index contributed by atoms with van der Waals surface area (Å²) < 4.78 is 0. The summed E-state index contributed by atoms with van der Waals surface area (Å²) in [6.07, 6.45) is 0. The van der Waals surface area contributed by atoms with Crippen molar-refractivity contribution in [2.24, 2.45) is 5.92 Å². The fourth-order valence-corrected chi connectivity index (χ4v) is 1.73. The van der Waals surface area contributed by atoms with Crippen molar-refractivity contribution in [2.75, 3.05) is 13.1 Å². The molecule has 0 fully saturated rings. The first-order chi connectivity index (χ1) is 8.30. The van der Waals surface area contributed by atoms with Gasteiger partial charge in [-0.2, -0.15) is 0 Å². The molecule has 0 bridgehead atoms. The van der Waals surface area contributed by atoms with E-state index in [9.17, 15) is 4.79 Å². The molecule has 100 valence electrons. The van der Waals surface area contributed by atoms with Crippen LogP contribution in [0.25, 0.3) is 0 Å². The maximum absolute atomic E-state index is 11.9. The Labute approximate surface area is 111 Å². The van der Waals surface area contributed by atoms with E-state index in [1.807, 2.05) is 12.1 Å². The fraction of sp³-hybridized carbons (Fsp3) is 0.562. The zero-order chi connectivity index (χ0) is 13.8. The van der Waals surface area contributed by atoms with Gasteiger partial charge in [0.2, 0.25) is 0 Å². The van der Waals surface area contributed by atoms with Gasteiger partial charge in [-0.25, -0.2) is 0 Å². The third kappa shape index (κ3) is 4.61. The standard InChI is InChI=1S/C16H25NO/c1-12(2)10-17-11-15(18)13-6-8-14(9-7-13)16(3,4)5/h6-9,12,17H,10-11H2,1-5H3. The van der Waals surface area contributed by atoms with Gasteiger partial charge in [0, 0.05) is 5.56 Å². The number of hydrogen-bond donors (Lipinski definition) is 1. The lowest BCUT2D eigenvalue weighted by atomic mass is 9.86. The Morgan fingerprint density at radius 2 is 1.72 bits per heavy atom. The molecule has 2 heteroatoms. The SMILES string of the molecule is CC(C)CNCC(=O)c1ccc(C(C)(C)C)cc1. The van der Waals surface area contributed by atoms with E-state index in [0.29, 0.717) is 12.5 Å². The van der Waals surface area contributed by atoms with Gasteiger partial charge in [-0.1, -0.05) is 58.9 Å². The molecule has 0 radical (unpaired) electrons. The van der Waals surface area contributed by atoms with Crippen molar-refractivity contribution in [3.8, 4) is 0 Å². The van der Waals surface area contributed by atoms with Crippen LogP contribution in [0.5, 0.6) is 0 Å². The molecule has 0 saturated carbocycles. The highest BCUT2D eigenvalue weighted by Gasteiger charge is 2.14. The van der Waals surface area contributed by atoms with E-state index in [0.717, 1.165) is 12.1 Å². The first-order valence-corrected chi connectivity index (χ1v) is 6.65. The average Bonchev–Trinajstić information content (AvgIpc) is 2.27. The number of carbonyl (C=O) groups is 1. The molecule has 0 unspecified atom stereocenters. The topological polar surface area (TPSA) is 29.1 Å². The highest BCUT2D eigenvalue weighted by Crippen LogP contribution is 2.22. The molecular formula is C16H25NO. The average molecular weight is 247 g/mol. The van der Waals surface area contributed by atoms with Gasteiger partial charge in [0.15, 0.2) is 5.78 Å². The van der Waals surface area contributed by atoms with E-state index in [2.05, 4.69) is 52.1 Å². The van der Waals surface area contributed by atoms with Crippen molar-refractivity contribution in [1.82, 2.24) is 5.32 Å². The fourth-order valence-electron chi connectivity index (χ4n) is 1.73. The minimum Gasteiger partial charge on any atom is -0.309 e. The lowest BCUT2D eigenvalue weighted by Gasteiger charge is -2.19. The first kappa shape index (κ1) is 14.9. The van der Waals surface area contributed by atoms with Crippen molar-refractivity contribution in [2.45, 2.75) is 40.0 Å². The lowest BCUT2D eigenvalue weighted by molar-refractivity contribution is 0.0990. The largest absolute Gasteiger partial charge is 0.309 e. The molecule has 1 aromatic carbocycles. The third-order valence-electron chi connectivity index (χ3n) is 2.91. The minimum atomic E-state index is 0.136. The second-order valence-electron chi connectivity index (χ2n) is 6.28. The van der Waals surface area contributed by atoms with Gasteiger partial charge in [0.1, 0.15) is 0 Å². The smallest absolute Gasteiger partial charge is 0.176 e. The van der Waals surface area contributed by atoms with Crippen LogP contribution in [0.15, 0.2) is 24.3 Å². The van der Waals surface area contributed by atoms with Crippen LogP contribution < -0.4 is 5.32 Å². The van der Waals surface area contributed by atoms with Gasteiger partial charge >= 0.3 is 0 Å². The second kappa shape index (κ2) is 6.14. The third-order valence-corrected chi connectivity index (χ3v) is 2.91. The van der Waals surface area contributed by atoms with Crippen LogP contribution >= 0.6 is 0 Å². The molecule has 1 N–H and O–H groups in total. The predicted octanol–water partition coefficient (Wildman–Crippen LogP) is 3.41. The van der Waals surface area contributed by atoms with Gasteiger partial charge in [-0.15, -0.1) is 0 Å². The Bertz CT molecular complexity index is 385. The van der Waals surface area contributed by atoms with Crippen molar-refractivity contribution >= 4 is 5.78 Å². The van der Waals surface area contributed by atoms with Gasteiger partial charge in [-0.3, -0.25) is 4.79 Å². The number of rotatable bonds is 5. The van der Waals surface area contributed by atoms with E-state index in [1.165, 1.54) is 5.56 Å². The maximum atomic E-state index is 11.9. The Kier molecular flexibility index (Phi) is 5.09. The lowest BCUT2D eigenvalue weighted by Crippen LogP contribution is -2.26. The van der Waals surface area contributed by atoms with Crippen molar-refractivity contribution < 1.29 is 4.79 Å². The second-order valence-corrected chi connectivity index (χ2v) is 6.28. The molecule has 0 atom stereocenters. The molecule has 0 aliphatic carbocycles. The van der Waals surface area contributed by atoms with Gasteiger partial charge in [0.05, 0.1) is 6.54 Å². The van der Waals surface area contributed by atoms with Crippen LogP contribution in [0, 0.1) is 5.92 Å². The van der Waals surface area contributed by atoms with Crippen molar-refractivity contribution in [1.29, 1.82) is 0 Å². The van der Waals surface area contributed by atoms with Crippen LogP contribution in [0.3, 0.4) is 0 Å². The highest BCUT2D eigenvalue weighted by molar-refractivity contribution is 5.97. The van der Waals surface area contributed by atoms with Gasteiger partial charge < -0.3 is 5.32 Å². The summed E-state index contributed by atoms with van der Waals surface area (Å²) in [6.45, 7) is 12.1. The molecular weight excluding hydrogens is 222 g/mol. The number of ketones is 1. The molecule has 0 spiro atoms. The highest BCUT2D eigenvalue weighted by atomic mass is 16.1. The molecule has 0 saturated heterocycles. The van der Waals surface area contributed by atoms with Crippen LogP contribution in [0.1, 0.15) is 50.5 Å². The summed E-state index contributed by atoms with van der Waals surface area (Å²) in [5, 5.41) is 3.18. The predicted molar refractivity (Wildman–Crippen MR) is 77.2 cm³/mol. The number of carbonyl (C=O) groups excluding carboxylic acids is 1. The Morgan fingerprint density at radius 3 is 2.17 bits per heavy atom.